The lowest BCUT2D eigenvalue weighted by molar-refractivity contribution is -0.153. The Morgan fingerprint density at radius 2 is 2.20 bits per heavy atom. The maximum Gasteiger partial charge on any atom is 0.353 e. The molecular weight excluding hydrogens is 286 g/mol. The molecule has 0 aromatic carbocycles. The molecule has 3 aliphatic heterocycles. The molecule has 0 saturated carbocycles. The molecule has 0 unspecified atom stereocenters. The van der Waals surface area contributed by atoms with Crippen LogP contribution >= 0.6 is 11.8 Å². The second kappa shape index (κ2) is 4.64. The fraction of sp³-hybridized carbons (Fsp3) is 0.417. The zero-order valence-corrected chi connectivity index (χ0v) is 11.0. The molecule has 7 nitrogen and oxygen atoms in total. The molecular formula is C12H11NO6S. The molecule has 1 saturated heterocycles. The molecule has 2 N–H and O–H groups in total. The van der Waals surface area contributed by atoms with E-state index < -0.39 is 24.0 Å². The number of fused-ring (bicyclic) bond motifs is 1. The normalized spacial score (nSPS) is 31.4. The summed E-state index contributed by atoms with van der Waals surface area (Å²) in [4.78, 5) is 35.8. The van der Waals surface area contributed by atoms with Crippen LogP contribution in [0.15, 0.2) is 22.8 Å². The van der Waals surface area contributed by atoms with E-state index in [1.807, 2.05) is 0 Å². The number of carbonyl (C=O) groups excluding carboxylic acids is 2. The number of hydrogen-bond acceptors (Lipinski definition) is 6. The van der Waals surface area contributed by atoms with Crippen LogP contribution in [0.5, 0.6) is 0 Å². The Balaban J connectivity index is 1.82. The van der Waals surface area contributed by atoms with Gasteiger partial charge in [0, 0.05) is 17.4 Å². The zero-order chi connectivity index (χ0) is 14.4. The molecule has 0 spiro atoms. The lowest BCUT2D eigenvalue weighted by Crippen LogP contribution is -2.58. The predicted molar refractivity (Wildman–Crippen MR) is 67.1 cm³/mol. The van der Waals surface area contributed by atoms with Crippen LogP contribution in [0.2, 0.25) is 0 Å². The summed E-state index contributed by atoms with van der Waals surface area (Å²) >= 11 is 1.24. The number of rotatable bonds is 4. The standard InChI is InChI=1S/C12H11NO6S/c14-4-6-10(16)13-9(12(17)18)7(20-11(6)13)3-5-1-2-8(15)19-5/h1-2,5-6,11,14H,3-4H2,(H,17,18)/t5-,6-,11+/m0/s1. The molecule has 3 heterocycles. The summed E-state index contributed by atoms with van der Waals surface area (Å²) in [5.41, 5.74) is -0.0638. The van der Waals surface area contributed by atoms with Gasteiger partial charge in [-0.25, -0.2) is 9.59 Å². The van der Waals surface area contributed by atoms with Gasteiger partial charge in [-0.3, -0.25) is 9.69 Å². The monoisotopic (exact) mass is 297 g/mol. The van der Waals surface area contributed by atoms with E-state index in [4.69, 9.17) is 9.84 Å². The molecule has 0 radical (unpaired) electrons. The number of carbonyl (C=O) groups is 3. The predicted octanol–water partition coefficient (Wildman–Crippen LogP) is -0.322. The molecule has 3 aliphatic rings. The first-order valence-corrected chi connectivity index (χ1v) is 6.86. The molecule has 3 rings (SSSR count). The van der Waals surface area contributed by atoms with Crippen LogP contribution in [-0.4, -0.2) is 51.0 Å². The van der Waals surface area contributed by atoms with Crippen molar-refractivity contribution in [1.82, 2.24) is 4.90 Å². The van der Waals surface area contributed by atoms with Crippen LogP contribution in [0.1, 0.15) is 6.42 Å². The summed E-state index contributed by atoms with van der Waals surface area (Å²) in [6, 6.07) is 0. The van der Waals surface area contributed by atoms with Gasteiger partial charge in [-0.2, -0.15) is 0 Å². The summed E-state index contributed by atoms with van der Waals surface area (Å²) in [6.07, 6.45) is 2.59. The maximum atomic E-state index is 11.8. The maximum absolute atomic E-state index is 11.8. The van der Waals surface area contributed by atoms with Crippen molar-refractivity contribution in [3.05, 3.63) is 22.8 Å². The minimum Gasteiger partial charge on any atom is -0.477 e. The molecule has 0 aliphatic carbocycles. The van der Waals surface area contributed by atoms with Gasteiger partial charge in [-0.05, 0) is 6.08 Å². The highest BCUT2D eigenvalue weighted by Gasteiger charge is 2.55. The van der Waals surface area contributed by atoms with E-state index in [1.54, 1.807) is 6.08 Å². The third-order valence-corrected chi connectivity index (χ3v) is 4.85. The number of cyclic esters (lactones) is 1. The lowest BCUT2D eigenvalue weighted by atomic mass is 9.98. The zero-order valence-electron chi connectivity index (χ0n) is 10.2. The summed E-state index contributed by atoms with van der Waals surface area (Å²) in [5, 5.41) is 18.0. The largest absolute Gasteiger partial charge is 0.477 e. The van der Waals surface area contributed by atoms with Gasteiger partial charge in [0.05, 0.1) is 12.5 Å². The van der Waals surface area contributed by atoms with Crippen molar-refractivity contribution >= 4 is 29.6 Å². The summed E-state index contributed by atoms with van der Waals surface area (Å²) in [6.45, 7) is -0.300. The van der Waals surface area contributed by atoms with Gasteiger partial charge < -0.3 is 14.9 Å². The second-order valence-corrected chi connectivity index (χ2v) is 5.83. The van der Waals surface area contributed by atoms with Crippen LogP contribution in [0.25, 0.3) is 0 Å². The van der Waals surface area contributed by atoms with Gasteiger partial charge in [0.2, 0.25) is 5.91 Å². The Morgan fingerprint density at radius 1 is 1.45 bits per heavy atom. The van der Waals surface area contributed by atoms with E-state index >= 15 is 0 Å². The van der Waals surface area contributed by atoms with E-state index in [0.717, 1.165) is 0 Å². The van der Waals surface area contributed by atoms with E-state index in [0.29, 0.717) is 4.91 Å². The van der Waals surface area contributed by atoms with Crippen molar-refractivity contribution in [2.75, 3.05) is 6.61 Å². The van der Waals surface area contributed by atoms with Crippen LogP contribution in [0, 0.1) is 5.92 Å². The first kappa shape index (κ1) is 13.2. The number of aliphatic carboxylic acids is 1. The fourth-order valence-electron chi connectivity index (χ4n) is 2.47. The van der Waals surface area contributed by atoms with Gasteiger partial charge in [-0.1, -0.05) is 0 Å². The van der Waals surface area contributed by atoms with Crippen LogP contribution in [0.4, 0.5) is 0 Å². The molecule has 0 aromatic rings. The Hall–Kier alpha value is -1.80. The van der Waals surface area contributed by atoms with Crippen LogP contribution < -0.4 is 0 Å². The Morgan fingerprint density at radius 3 is 2.75 bits per heavy atom. The molecule has 1 amide bonds. The topological polar surface area (TPSA) is 104 Å². The number of carboxylic acids is 1. The number of esters is 1. The van der Waals surface area contributed by atoms with Crippen molar-refractivity contribution < 1.29 is 29.3 Å². The third-order valence-electron chi connectivity index (χ3n) is 3.42. The molecule has 106 valence electrons. The Labute approximate surface area is 117 Å². The quantitative estimate of drug-likeness (QED) is 0.541. The van der Waals surface area contributed by atoms with Gasteiger partial charge in [0.1, 0.15) is 17.2 Å². The second-order valence-electron chi connectivity index (χ2n) is 4.62. The van der Waals surface area contributed by atoms with Gasteiger partial charge >= 0.3 is 11.9 Å². The number of thioether (sulfide) groups is 1. The fourth-order valence-corrected chi connectivity index (χ4v) is 4.00. The van der Waals surface area contributed by atoms with E-state index in [9.17, 15) is 19.5 Å². The van der Waals surface area contributed by atoms with E-state index in [1.165, 1.54) is 22.7 Å². The van der Waals surface area contributed by atoms with Crippen molar-refractivity contribution in [3.8, 4) is 0 Å². The first-order chi connectivity index (χ1) is 9.52. The minimum absolute atomic E-state index is 0.0638. The van der Waals surface area contributed by atoms with E-state index in [2.05, 4.69) is 0 Å². The number of aliphatic hydroxyl groups is 1. The highest BCUT2D eigenvalue weighted by atomic mass is 32.2. The lowest BCUT2D eigenvalue weighted by Gasteiger charge is -2.41. The number of nitrogens with zero attached hydrogens (tertiary/aromatic N) is 1. The number of ether oxygens (including phenoxy) is 1. The molecule has 20 heavy (non-hydrogen) atoms. The van der Waals surface area contributed by atoms with E-state index in [-0.39, 0.29) is 30.0 Å². The molecule has 8 heteroatoms. The number of amides is 1. The van der Waals surface area contributed by atoms with Crippen LogP contribution in [-0.2, 0) is 19.1 Å². The molecule has 1 fully saturated rings. The van der Waals surface area contributed by atoms with Crippen molar-refractivity contribution in [2.24, 2.45) is 5.92 Å². The van der Waals surface area contributed by atoms with Crippen molar-refractivity contribution in [3.63, 3.8) is 0 Å². The number of hydrogen-bond donors (Lipinski definition) is 2. The van der Waals surface area contributed by atoms with Gasteiger partial charge in [0.25, 0.3) is 0 Å². The number of aliphatic hydroxyl groups excluding tert-OH is 1. The molecule has 3 atom stereocenters. The van der Waals surface area contributed by atoms with Crippen LogP contribution in [0.3, 0.4) is 0 Å². The first-order valence-electron chi connectivity index (χ1n) is 5.98. The minimum atomic E-state index is -1.19. The smallest absolute Gasteiger partial charge is 0.353 e. The Bertz CT molecular complexity index is 568. The summed E-state index contributed by atoms with van der Waals surface area (Å²) in [5.74, 6) is -2.58. The number of β-lactam (4-membered cyclic amide) rings is 1. The molecule has 0 aromatic heterocycles. The highest BCUT2D eigenvalue weighted by Crippen LogP contribution is 2.50. The summed E-state index contributed by atoms with van der Waals surface area (Å²) in [7, 11) is 0. The summed E-state index contributed by atoms with van der Waals surface area (Å²) < 4.78 is 4.98. The van der Waals surface area contributed by atoms with Crippen molar-refractivity contribution in [1.29, 1.82) is 0 Å². The van der Waals surface area contributed by atoms with Gasteiger partial charge in [0.15, 0.2) is 0 Å². The van der Waals surface area contributed by atoms with Crippen molar-refractivity contribution in [2.45, 2.75) is 17.9 Å². The average molecular weight is 297 g/mol. The highest BCUT2D eigenvalue weighted by molar-refractivity contribution is 8.04. The Kier molecular flexibility index (Phi) is 3.06. The third kappa shape index (κ3) is 1.83. The molecule has 0 bridgehead atoms. The van der Waals surface area contributed by atoms with Gasteiger partial charge in [-0.15, -0.1) is 11.8 Å². The SMILES string of the molecule is O=C1C=C[C@@H](CC2=C(C(=O)O)N3C(=O)[C@H](CO)[C@H]3S2)O1. The number of carboxylic acid groups (broad SMARTS) is 1. The average Bonchev–Trinajstić information content (AvgIpc) is 2.93.